The molecule has 1 N–H and O–H groups in total. The minimum Gasteiger partial charge on any atom is -0.340 e. The van der Waals surface area contributed by atoms with Gasteiger partial charge in [-0.2, -0.15) is 13.2 Å². The Morgan fingerprint density at radius 1 is 1.33 bits per heavy atom. The first-order valence-corrected chi connectivity index (χ1v) is 5.82. The summed E-state index contributed by atoms with van der Waals surface area (Å²) >= 11 is 0. The highest BCUT2D eigenvalue weighted by molar-refractivity contribution is 5.99. The normalized spacial score (nSPS) is 28.3. The fraction of sp³-hybridized carbons (Fsp3) is 0.818. The molecule has 7 heteroatoms. The summed E-state index contributed by atoms with van der Waals surface area (Å²) in [6, 6.07) is -0.966. The van der Waals surface area contributed by atoms with E-state index in [4.69, 9.17) is 0 Å². The second-order valence-corrected chi connectivity index (χ2v) is 5.44. The minimum absolute atomic E-state index is 0.132. The predicted molar refractivity (Wildman–Crippen MR) is 56.5 cm³/mol. The van der Waals surface area contributed by atoms with E-state index in [0.717, 1.165) is 0 Å². The molecule has 18 heavy (non-hydrogen) atoms. The third kappa shape index (κ3) is 2.44. The molecule has 0 aromatic heterocycles. The lowest BCUT2D eigenvalue weighted by Gasteiger charge is -2.43. The van der Waals surface area contributed by atoms with E-state index >= 15 is 0 Å². The average molecular weight is 264 g/mol. The van der Waals surface area contributed by atoms with Crippen LogP contribution in [0.25, 0.3) is 0 Å². The van der Waals surface area contributed by atoms with Gasteiger partial charge in [0, 0.05) is 0 Å². The Morgan fingerprint density at radius 2 is 1.89 bits per heavy atom. The van der Waals surface area contributed by atoms with E-state index in [-0.39, 0.29) is 5.92 Å². The molecule has 0 radical (unpaired) electrons. The lowest BCUT2D eigenvalue weighted by Crippen LogP contribution is -2.69. The van der Waals surface area contributed by atoms with Crippen molar-refractivity contribution in [1.29, 1.82) is 0 Å². The SMILES string of the molecule is CC1(C)NC(=O)C(C2CC2)N(CC(F)(F)F)C1=O. The van der Waals surface area contributed by atoms with Gasteiger partial charge in [-0.1, -0.05) is 0 Å². The first-order valence-electron chi connectivity index (χ1n) is 5.82. The molecule has 1 saturated carbocycles. The number of nitrogens with zero attached hydrogens (tertiary/aromatic N) is 1. The van der Waals surface area contributed by atoms with E-state index in [1.807, 2.05) is 0 Å². The molecule has 1 aliphatic heterocycles. The van der Waals surface area contributed by atoms with E-state index in [9.17, 15) is 22.8 Å². The maximum Gasteiger partial charge on any atom is 0.406 e. The molecule has 2 rings (SSSR count). The van der Waals surface area contributed by atoms with Crippen LogP contribution >= 0.6 is 0 Å². The molecule has 2 amide bonds. The molecule has 0 aromatic carbocycles. The third-order valence-corrected chi connectivity index (χ3v) is 3.25. The molecule has 0 spiro atoms. The molecule has 0 bridgehead atoms. The van der Waals surface area contributed by atoms with Crippen molar-refractivity contribution < 1.29 is 22.8 Å². The van der Waals surface area contributed by atoms with Gasteiger partial charge in [-0.25, -0.2) is 0 Å². The van der Waals surface area contributed by atoms with Gasteiger partial charge in [-0.05, 0) is 32.6 Å². The lowest BCUT2D eigenvalue weighted by molar-refractivity contribution is -0.178. The summed E-state index contributed by atoms with van der Waals surface area (Å²) in [5, 5.41) is 2.50. The maximum atomic E-state index is 12.5. The van der Waals surface area contributed by atoms with Crippen LogP contribution in [0.4, 0.5) is 13.2 Å². The zero-order chi connectivity index (χ0) is 13.7. The van der Waals surface area contributed by atoms with Gasteiger partial charge in [0.15, 0.2) is 0 Å². The summed E-state index contributed by atoms with van der Waals surface area (Å²) in [6.45, 7) is 1.48. The number of halogens is 3. The van der Waals surface area contributed by atoms with Gasteiger partial charge in [0.25, 0.3) is 0 Å². The zero-order valence-electron chi connectivity index (χ0n) is 10.2. The van der Waals surface area contributed by atoms with Crippen LogP contribution in [-0.2, 0) is 9.59 Å². The maximum absolute atomic E-state index is 12.5. The smallest absolute Gasteiger partial charge is 0.340 e. The summed E-state index contributed by atoms with van der Waals surface area (Å²) in [6.07, 6.45) is -3.10. The number of carbonyl (C=O) groups is 2. The number of carbonyl (C=O) groups excluding carboxylic acids is 2. The predicted octanol–water partition coefficient (Wildman–Crippen LogP) is 1.06. The second kappa shape index (κ2) is 3.86. The van der Waals surface area contributed by atoms with Crippen LogP contribution in [-0.4, -0.2) is 41.0 Å². The highest BCUT2D eigenvalue weighted by atomic mass is 19.4. The monoisotopic (exact) mass is 264 g/mol. The average Bonchev–Trinajstić information content (AvgIpc) is 2.94. The molecular weight excluding hydrogens is 249 g/mol. The molecule has 1 saturated heterocycles. The zero-order valence-corrected chi connectivity index (χ0v) is 10.2. The van der Waals surface area contributed by atoms with Gasteiger partial charge in [-0.15, -0.1) is 0 Å². The third-order valence-electron chi connectivity index (χ3n) is 3.25. The Morgan fingerprint density at radius 3 is 2.33 bits per heavy atom. The molecule has 2 aliphatic rings. The Balaban J connectivity index is 2.27. The highest BCUT2D eigenvalue weighted by Gasteiger charge is 2.53. The topological polar surface area (TPSA) is 49.4 Å². The van der Waals surface area contributed by atoms with E-state index in [0.29, 0.717) is 17.7 Å². The highest BCUT2D eigenvalue weighted by Crippen LogP contribution is 2.39. The standard InChI is InChI=1S/C11H15F3N2O2/c1-10(2)9(18)16(5-11(12,13)14)7(6-3-4-6)8(17)15-10/h6-7H,3-5H2,1-2H3,(H,15,17). The molecule has 4 nitrogen and oxygen atoms in total. The molecule has 0 aromatic rings. The van der Waals surface area contributed by atoms with Crippen LogP contribution in [0.2, 0.25) is 0 Å². The van der Waals surface area contributed by atoms with Gasteiger partial charge >= 0.3 is 6.18 Å². The first kappa shape index (κ1) is 13.2. The van der Waals surface area contributed by atoms with E-state index in [2.05, 4.69) is 5.32 Å². The Labute approximate surface area is 103 Å². The van der Waals surface area contributed by atoms with Crippen molar-refractivity contribution in [3.05, 3.63) is 0 Å². The summed E-state index contributed by atoms with van der Waals surface area (Å²) < 4.78 is 37.6. The summed E-state index contributed by atoms with van der Waals surface area (Å²) in [4.78, 5) is 24.6. The number of hydrogen-bond donors (Lipinski definition) is 1. The van der Waals surface area contributed by atoms with Crippen molar-refractivity contribution >= 4 is 11.8 Å². The molecule has 102 valence electrons. The van der Waals surface area contributed by atoms with Gasteiger partial charge in [0.2, 0.25) is 11.8 Å². The van der Waals surface area contributed by atoms with Crippen LogP contribution < -0.4 is 5.32 Å². The van der Waals surface area contributed by atoms with Crippen LogP contribution in [0, 0.1) is 5.92 Å². The molecule has 1 aliphatic carbocycles. The Kier molecular flexibility index (Phi) is 2.82. The number of alkyl halides is 3. The van der Waals surface area contributed by atoms with Gasteiger partial charge in [0.05, 0.1) is 0 Å². The van der Waals surface area contributed by atoms with Gasteiger partial charge in [0.1, 0.15) is 18.1 Å². The van der Waals surface area contributed by atoms with Crippen molar-refractivity contribution in [2.24, 2.45) is 5.92 Å². The van der Waals surface area contributed by atoms with E-state index in [1.165, 1.54) is 13.8 Å². The van der Waals surface area contributed by atoms with Crippen molar-refractivity contribution in [2.75, 3.05) is 6.54 Å². The fourth-order valence-corrected chi connectivity index (χ4v) is 2.31. The Bertz CT molecular complexity index is 388. The van der Waals surface area contributed by atoms with Crippen molar-refractivity contribution in [1.82, 2.24) is 10.2 Å². The number of rotatable bonds is 2. The van der Waals surface area contributed by atoms with E-state index in [1.54, 1.807) is 0 Å². The van der Waals surface area contributed by atoms with Crippen LogP contribution in [0.3, 0.4) is 0 Å². The van der Waals surface area contributed by atoms with Crippen LogP contribution in [0.1, 0.15) is 26.7 Å². The first-order chi connectivity index (χ1) is 8.12. The Hall–Kier alpha value is -1.27. The fourth-order valence-electron chi connectivity index (χ4n) is 2.31. The van der Waals surface area contributed by atoms with Gasteiger partial charge < -0.3 is 10.2 Å². The summed E-state index contributed by atoms with van der Waals surface area (Å²) in [7, 11) is 0. The van der Waals surface area contributed by atoms with Gasteiger partial charge in [-0.3, -0.25) is 9.59 Å². The number of hydrogen-bond acceptors (Lipinski definition) is 2. The molecule has 1 unspecified atom stereocenters. The molecular formula is C11H15F3N2O2. The summed E-state index contributed by atoms with van der Waals surface area (Å²) in [5.74, 6) is -1.28. The number of amides is 2. The van der Waals surface area contributed by atoms with Crippen molar-refractivity contribution in [2.45, 2.75) is 44.4 Å². The van der Waals surface area contributed by atoms with Crippen molar-refractivity contribution in [3.8, 4) is 0 Å². The van der Waals surface area contributed by atoms with E-state index < -0.39 is 36.1 Å². The lowest BCUT2D eigenvalue weighted by atomic mass is 9.95. The largest absolute Gasteiger partial charge is 0.406 e. The molecule has 2 fully saturated rings. The van der Waals surface area contributed by atoms with Crippen LogP contribution in [0.5, 0.6) is 0 Å². The summed E-state index contributed by atoms with van der Waals surface area (Å²) in [5.41, 5.74) is -1.27. The number of nitrogens with one attached hydrogen (secondary N) is 1. The molecule has 1 atom stereocenters. The quantitative estimate of drug-likeness (QED) is 0.811. The minimum atomic E-state index is -4.49. The second-order valence-electron chi connectivity index (χ2n) is 5.44. The molecule has 1 heterocycles. The van der Waals surface area contributed by atoms with Crippen molar-refractivity contribution in [3.63, 3.8) is 0 Å². The van der Waals surface area contributed by atoms with Crippen LogP contribution in [0.15, 0.2) is 0 Å². The number of piperazine rings is 1.